The van der Waals surface area contributed by atoms with Crippen LogP contribution in [0.15, 0.2) is 0 Å². The maximum absolute atomic E-state index is 5.66. The minimum absolute atomic E-state index is 0.429. The van der Waals surface area contributed by atoms with Crippen LogP contribution < -0.4 is 0 Å². The first kappa shape index (κ1) is 7.54. The van der Waals surface area contributed by atoms with Crippen molar-refractivity contribution < 1.29 is 0 Å². The third-order valence-electron chi connectivity index (χ3n) is 0.733. The summed E-state index contributed by atoms with van der Waals surface area (Å²) in [5.74, 6) is 0. The molecule has 1 nitrogen and oxygen atoms in total. The van der Waals surface area contributed by atoms with Gasteiger partial charge in [0.15, 0.2) is 0 Å². The Balaban J connectivity index is 3.54. The van der Waals surface area contributed by atoms with Crippen LogP contribution in [0.2, 0.25) is 0 Å². The Labute approximate surface area is 54.3 Å². The first-order valence-corrected chi connectivity index (χ1v) is 2.74. The van der Waals surface area contributed by atoms with Crippen molar-refractivity contribution in [3.8, 4) is 0 Å². The Kier molecular flexibility index (Phi) is 2.38. The fraction of sp³-hybridized carbons (Fsp3) is 1.00. The van der Waals surface area contributed by atoms with Crippen molar-refractivity contribution in [3.63, 3.8) is 0 Å². The average molecular weight is 142 g/mol. The average Bonchev–Trinajstić information content (AvgIpc) is 1.31. The molecule has 0 aromatic rings. The highest BCUT2D eigenvalue weighted by Gasteiger charge is 2.16. The van der Waals surface area contributed by atoms with E-state index in [0.717, 1.165) is 0 Å². The second-order valence-electron chi connectivity index (χ2n) is 1.89. The van der Waals surface area contributed by atoms with Crippen LogP contribution in [0.25, 0.3) is 0 Å². The molecule has 3 heteroatoms. The van der Waals surface area contributed by atoms with Crippen molar-refractivity contribution in [1.82, 2.24) is 4.42 Å². The molecule has 0 spiro atoms. The Morgan fingerprint density at radius 2 is 1.57 bits per heavy atom. The van der Waals surface area contributed by atoms with E-state index in [9.17, 15) is 0 Å². The number of rotatable bonds is 1. The largest absolute Gasteiger partial charge is 0.203 e. The molecule has 0 saturated carbocycles. The van der Waals surface area contributed by atoms with Crippen molar-refractivity contribution in [1.29, 1.82) is 0 Å². The highest BCUT2D eigenvalue weighted by Crippen LogP contribution is 2.18. The summed E-state index contributed by atoms with van der Waals surface area (Å²) in [7, 11) is 1.72. The van der Waals surface area contributed by atoms with Gasteiger partial charge in [-0.15, -0.1) is 11.6 Å². The van der Waals surface area contributed by atoms with Gasteiger partial charge >= 0.3 is 0 Å². The molecule has 0 atom stereocenters. The predicted octanol–water partition coefficient (Wildman–Crippen LogP) is 2.05. The Hall–Kier alpha value is 0.540. The number of hydrogen-bond acceptors (Lipinski definition) is 1. The molecule has 0 unspecified atom stereocenters. The second-order valence-corrected chi connectivity index (χ2v) is 3.32. The molecule has 0 heterocycles. The quantitative estimate of drug-likeness (QED) is 0.307. The molecular formula is C4H9Cl2N. The van der Waals surface area contributed by atoms with Gasteiger partial charge in [-0.25, -0.2) is 4.42 Å². The number of halogens is 2. The zero-order valence-corrected chi connectivity index (χ0v) is 6.22. The third-order valence-corrected chi connectivity index (χ3v) is 1.50. The van der Waals surface area contributed by atoms with E-state index in [2.05, 4.69) is 0 Å². The van der Waals surface area contributed by atoms with Crippen LogP contribution in [0.1, 0.15) is 13.8 Å². The molecule has 0 aromatic heterocycles. The Morgan fingerprint density at radius 1 is 1.43 bits per heavy atom. The summed E-state index contributed by atoms with van der Waals surface area (Å²) in [6.07, 6.45) is 0. The van der Waals surface area contributed by atoms with E-state index in [4.69, 9.17) is 23.4 Å². The molecule has 0 amide bonds. The fourth-order valence-corrected chi connectivity index (χ4v) is 0. The van der Waals surface area contributed by atoms with Crippen molar-refractivity contribution in [3.05, 3.63) is 0 Å². The molecule has 0 radical (unpaired) electrons. The lowest BCUT2D eigenvalue weighted by molar-refractivity contribution is 0.399. The van der Waals surface area contributed by atoms with E-state index in [1.165, 1.54) is 4.42 Å². The lowest BCUT2D eigenvalue weighted by Crippen LogP contribution is -2.26. The van der Waals surface area contributed by atoms with Gasteiger partial charge in [0, 0.05) is 7.05 Å². The standard InChI is InChI=1S/C4H9Cl2N/c1-4(2,5)7(3)6/h1-3H3. The van der Waals surface area contributed by atoms with Gasteiger partial charge < -0.3 is 0 Å². The van der Waals surface area contributed by atoms with Crippen molar-refractivity contribution >= 4 is 23.4 Å². The monoisotopic (exact) mass is 141 g/mol. The van der Waals surface area contributed by atoms with Crippen LogP contribution in [0.5, 0.6) is 0 Å². The van der Waals surface area contributed by atoms with E-state index in [1.54, 1.807) is 7.05 Å². The molecule has 0 aliphatic rings. The van der Waals surface area contributed by atoms with Gasteiger partial charge in [0.25, 0.3) is 0 Å². The molecule has 0 saturated heterocycles. The van der Waals surface area contributed by atoms with Crippen LogP contribution in [-0.2, 0) is 0 Å². The molecule has 44 valence electrons. The molecular weight excluding hydrogens is 133 g/mol. The third kappa shape index (κ3) is 3.15. The van der Waals surface area contributed by atoms with E-state index in [-0.39, 0.29) is 0 Å². The number of nitrogens with zero attached hydrogens (tertiary/aromatic N) is 1. The van der Waals surface area contributed by atoms with E-state index >= 15 is 0 Å². The highest BCUT2D eigenvalue weighted by atomic mass is 35.5. The van der Waals surface area contributed by atoms with E-state index in [1.807, 2.05) is 13.8 Å². The minimum atomic E-state index is -0.429. The van der Waals surface area contributed by atoms with E-state index in [0.29, 0.717) is 0 Å². The maximum atomic E-state index is 5.66. The summed E-state index contributed by atoms with van der Waals surface area (Å²) < 4.78 is 1.43. The summed E-state index contributed by atoms with van der Waals surface area (Å²) in [6.45, 7) is 3.64. The zero-order chi connectivity index (χ0) is 6.08. The van der Waals surface area contributed by atoms with Gasteiger partial charge in [-0.2, -0.15) is 0 Å². The minimum Gasteiger partial charge on any atom is -0.203 e. The second kappa shape index (κ2) is 2.21. The van der Waals surface area contributed by atoms with Crippen LogP contribution in [0, 0.1) is 0 Å². The first-order chi connectivity index (χ1) is 2.94. The lowest BCUT2D eigenvalue weighted by atomic mass is 10.4. The zero-order valence-electron chi connectivity index (χ0n) is 4.70. The van der Waals surface area contributed by atoms with Gasteiger partial charge in [-0.1, -0.05) is 0 Å². The number of alkyl halides is 1. The molecule has 0 aliphatic carbocycles. The normalized spacial score (nSPS) is 12.9. The number of hydrogen-bond donors (Lipinski definition) is 0. The van der Waals surface area contributed by atoms with Gasteiger partial charge in [-0.3, -0.25) is 0 Å². The highest BCUT2D eigenvalue weighted by molar-refractivity contribution is 6.27. The van der Waals surface area contributed by atoms with Crippen LogP contribution in [0.4, 0.5) is 0 Å². The van der Waals surface area contributed by atoms with E-state index < -0.39 is 5.00 Å². The predicted molar refractivity (Wildman–Crippen MR) is 33.5 cm³/mol. The summed E-state index contributed by atoms with van der Waals surface area (Å²) in [6, 6.07) is 0. The topological polar surface area (TPSA) is 3.24 Å². The Bertz CT molecular complexity index is 55.2. The lowest BCUT2D eigenvalue weighted by Gasteiger charge is -2.20. The molecule has 0 fully saturated rings. The van der Waals surface area contributed by atoms with Crippen LogP contribution in [0.3, 0.4) is 0 Å². The van der Waals surface area contributed by atoms with Gasteiger partial charge in [0.1, 0.15) is 5.00 Å². The van der Waals surface area contributed by atoms with Crippen molar-refractivity contribution in [2.45, 2.75) is 18.8 Å². The first-order valence-electron chi connectivity index (χ1n) is 2.03. The van der Waals surface area contributed by atoms with Crippen molar-refractivity contribution in [2.24, 2.45) is 0 Å². The SMILES string of the molecule is CN(Cl)C(C)(C)Cl. The van der Waals surface area contributed by atoms with Gasteiger partial charge in [0.05, 0.1) is 0 Å². The summed E-state index contributed by atoms with van der Waals surface area (Å²) in [5, 5.41) is 0. The van der Waals surface area contributed by atoms with Crippen molar-refractivity contribution in [2.75, 3.05) is 7.05 Å². The summed E-state index contributed by atoms with van der Waals surface area (Å²) in [5.41, 5.74) is 0. The molecule has 0 aliphatic heterocycles. The Morgan fingerprint density at radius 3 is 1.57 bits per heavy atom. The summed E-state index contributed by atoms with van der Waals surface area (Å²) >= 11 is 11.1. The molecule has 0 rings (SSSR count). The van der Waals surface area contributed by atoms with Crippen LogP contribution >= 0.6 is 23.4 Å². The molecule has 0 N–H and O–H groups in total. The maximum Gasteiger partial charge on any atom is 0.104 e. The fourth-order valence-electron chi connectivity index (χ4n) is 0. The summed E-state index contributed by atoms with van der Waals surface area (Å²) in [4.78, 5) is -0.429. The smallest absolute Gasteiger partial charge is 0.104 e. The molecule has 0 bridgehead atoms. The molecule has 7 heavy (non-hydrogen) atoms. The molecule has 0 aromatic carbocycles. The van der Waals surface area contributed by atoms with Crippen LogP contribution in [-0.4, -0.2) is 16.5 Å². The van der Waals surface area contributed by atoms with Gasteiger partial charge in [-0.05, 0) is 25.6 Å². The van der Waals surface area contributed by atoms with Gasteiger partial charge in [0.2, 0.25) is 0 Å².